The van der Waals surface area contributed by atoms with Crippen molar-refractivity contribution in [1.29, 1.82) is 0 Å². The minimum Gasteiger partial charge on any atom is -0.306 e. The van der Waals surface area contributed by atoms with Crippen LogP contribution in [-0.2, 0) is 0 Å². The van der Waals surface area contributed by atoms with Gasteiger partial charge in [0, 0.05) is 0 Å². The highest BCUT2D eigenvalue weighted by molar-refractivity contribution is 7.08. The Labute approximate surface area is 108 Å². The molecule has 0 bridgehead atoms. The first-order valence-electron chi connectivity index (χ1n) is 6.14. The number of nitrogens with one attached hydrogen (secondary N) is 1. The van der Waals surface area contributed by atoms with Gasteiger partial charge in [-0.2, -0.15) is 11.3 Å². The lowest BCUT2D eigenvalue weighted by molar-refractivity contribution is 0.597. The summed E-state index contributed by atoms with van der Waals surface area (Å²) in [4.78, 5) is 0. The molecule has 0 saturated carbocycles. The van der Waals surface area contributed by atoms with Crippen molar-refractivity contribution in [3.8, 4) is 0 Å². The average molecular weight is 245 g/mol. The SMILES string of the molecule is CCCNC(c1ccsc1)c1ccccc1C. The highest BCUT2D eigenvalue weighted by Crippen LogP contribution is 2.26. The van der Waals surface area contributed by atoms with Crippen molar-refractivity contribution >= 4 is 11.3 Å². The quantitative estimate of drug-likeness (QED) is 0.834. The molecule has 2 aromatic rings. The molecule has 0 aliphatic rings. The molecule has 0 aliphatic carbocycles. The van der Waals surface area contributed by atoms with Crippen LogP contribution in [0.4, 0.5) is 0 Å². The van der Waals surface area contributed by atoms with E-state index < -0.39 is 0 Å². The number of benzene rings is 1. The van der Waals surface area contributed by atoms with Crippen LogP contribution >= 0.6 is 11.3 Å². The molecule has 1 aromatic heterocycles. The number of aryl methyl sites for hydroxylation is 1. The van der Waals surface area contributed by atoms with Gasteiger partial charge in [0.15, 0.2) is 0 Å². The Morgan fingerprint density at radius 1 is 1.24 bits per heavy atom. The summed E-state index contributed by atoms with van der Waals surface area (Å²) >= 11 is 1.76. The number of rotatable bonds is 5. The van der Waals surface area contributed by atoms with E-state index in [2.05, 4.69) is 60.3 Å². The van der Waals surface area contributed by atoms with Crippen LogP contribution in [0.15, 0.2) is 41.1 Å². The fourth-order valence-electron chi connectivity index (χ4n) is 2.05. The second kappa shape index (κ2) is 5.99. The van der Waals surface area contributed by atoms with Crippen molar-refractivity contribution in [3.63, 3.8) is 0 Å². The average Bonchev–Trinajstić information content (AvgIpc) is 2.85. The van der Waals surface area contributed by atoms with Crippen molar-refractivity contribution in [2.75, 3.05) is 6.54 Å². The minimum absolute atomic E-state index is 0.336. The van der Waals surface area contributed by atoms with Crippen LogP contribution in [0.3, 0.4) is 0 Å². The molecule has 1 nitrogen and oxygen atoms in total. The van der Waals surface area contributed by atoms with Crippen LogP contribution in [0.5, 0.6) is 0 Å². The molecule has 90 valence electrons. The lowest BCUT2D eigenvalue weighted by atomic mass is 9.97. The van der Waals surface area contributed by atoms with E-state index in [1.165, 1.54) is 16.7 Å². The third kappa shape index (κ3) is 2.96. The summed E-state index contributed by atoms with van der Waals surface area (Å²) in [6.07, 6.45) is 1.16. The predicted octanol–water partition coefficient (Wildman–Crippen LogP) is 4.15. The predicted molar refractivity (Wildman–Crippen MR) is 75.6 cm³/mol. The summed E-state index contributed by atoms with van der Waals surface area (Å²) in [5, 5.41) is 8.02. The van der Waals surface area contributed by atoms with Gasteiger partial charge < -0.3 is 5.32 Å². The molecule has 2 heteroatoms. The highest BCUT2D eigenvalue weighted by Gasteiger charge is 2.14. The Kier molecular flexibility index (Phi) is 4.35. The van der Waals surface area contributed by atoms with E-state index in [0.717, 1.165) is 13.0 Å². The molecular formula is C15H19NS. The zero-order valence-corrected chi connectivity index (χ0v) is 11.3. The van der Waals surface area contributed by atoms with Gasteiger partial charge in [-0.1, -0.05) is 31.2 Å². The zero-order valence-electron chi connectivity index (χ0n) is 10.4. The van der Waals surface area contributed by atoms with Gasteiger partial charge in [-0.25, -0.2) is 0 Å². The monoisotopic (exact) mass is 245 g/mol. The summed E-state index contributed by atoms with van der Waals surface area (Å²) < 4.78 is 0. The molecular weight excluding hydrogens is 226 g/mol. The minimum atomic E-state index is 0.336. The molecule has 17 heavy (non-hydrogen) atoms. The van der Waals surface area contributed by atoms with Gasteiger partial charge >= 0.3 is 0 Å². The highest BCUT2D eigenvalue weighted by atomic mass is 32.1. The van der Waals surface area contributed by atoms with E-state index in [9.17, 15) is 0 Å². The summed E-state index contributed by atoms with van der Waals surface area (Å²) in [5.41, 5.74) is 4.12. The molecule has 1 N–H and O–H groups in total. The third-order valence-corrected chi connectivity index (χ3v) is 3.68. The standard InChI is InChI=1S/C15H19NS/c1-3-9-16-15(13-8-10-17-11-13)14-7-5-4-6-12(14)2/h4-8,10-11,15-16H,3,9H2,1-2H3. The molecule has 0 radical (unpaired) electrons. The molecule has 0 spiro atoms. The topological polar surface area (TPSA) is 12.0 Å². The van der Waals surface area contributed by atoms with Gasteiger partial charge in [0.05, 0.1) is 6.04 Å². The molecule has 0 aliphatic heterocycles. The normalized spacial score (nSPS) is 12.6. The van der Waals surface area contributed by atoms with Gasteiger partial charge in [0.25, 0.3) is 0 Å². The first-order chi connectivity index (χ1) is 8.33. The van der Waals surface area contributed by atoms with Crippen LogP contribution in [0.2, 0.25) is 0 Å². The lowest BCUT2D eigenvalue weighted by Crippen LogP contribution is -2.23. The number of hydrogen-bond acceptors (Lipinski definition) is 2. The van der Waals surface area contributed by atoms with E-state index in [-0.39, 0.29) is 0 Å². The molecule has 1 atom stereocenters. The summed E-state index contributed by atoms with van der Waals surface area (Å²) in [6.45, 7) is 5.44. The summed E-state index contributed by atoms with van der Waals surface area (Å²) in [5.74, 6) is 0. The fourth-order valence-corrected chi connectivity index (χ4v) is 2.73. The molecule has 1 heterocycles. The van der Waals surface area contributed by atoms with Crippen molar-refractivity contribution in [2.45, 2.75) is 26.3 Å². The van der Waals surface area contributed by atoms with Crippen LogP contribution in [0.1, 0.15) is 36.1 Å². The van der Waals surface area contributed by atoms with Crippen LogP contribution < -0.4 is 5.32 Å². The molecule has 0 amide bonds. The Morgan fingerprint density at radius 2 is 2.06 bits per heavy atom. The van der Waals surface area contributed by atoms with Crippen molar-refractivity contribution < 1.29 is 0 Å². The van der Waals surface area contributed by atoms with E-state index in [0.29, 0.717) is 6.04 Å². The number of thiophene rings is 1. The smallest absolute Gasteiger partial charge is 0.0587 e. The van der Waals surface area contributed by atoms with Crippen LogP contribution in [-0.4, -0.2) is 6.54 Å². The van der Waals surface area contributed by atoms with Gasteiger partial charge in [-0.15, -0.1) is 0 Å². The molecule has 1 unspecified atom stereocenters. The largest absolute Gasteiger partial charge is 0.306 e. The van der Waals surface area contributed by atoms with E-state index in [1.807, 2.05) is 0 Å². The van der Waals surface area contributed by atoms with Gasteiger partial charge in [-0.05, 0) is 53.4 Å². The van der Waals surface area contributed by atoms with Crippen molar-refractivity contribution in [3.05, 3.63) is 57.8 Å². The lowest BCUT2D eigenvalue weighted by Gasteiger charge is -2.20. The van der Waals surface area contributed by atoms with Gasteiger partial charge in [0.1, 0.15) is 0 Å². The van der Waals surface area contributed by atoms with E-state index in [4.69, 9.17) is 0 Å². The van der Waals surface area contributed by atoms with Crippen LogP contribution in [0, 0.1) is 6.92 Å². The van der Waals surface area contributed by atoms with E-state index >= 15 is 0 Å². The van der Waals surface area contributed by atoms with Gasteiger partial charge in [-0.3, -0.25) is 0 Å². The Bertz CT molecular complexity index is 448. The molecule has 2 rings (SSSR count). The Morgan fingerprint density at radius 3 is 2.71 bits per heavy atom. The third-order valence-electron chi connectivity index (χ3n) is 2.97. The summed E-state index contributed by atoms with van der Waals surface area (Å²) in [7, 11) is 0. The fraction of sp³-hybridized carbons (Fsp3) is 0.333. The first kappa shape index (κ1) is 12.3. The second-order valence-electron chi connectivity index (χ2n) is 4.30. The maximum Gasteiger partial charge on any atom is 0.0587 e. The number of hydrogen-bond donors (Lipinski definition) is 1. The maximum atomic E-state index is 3.64. The zero-order chi connectivity index (χ0) is 12.1. The molecule has 0 fully saturated rings. The first-order valence-corrected chi connectivity index (χ1v) is 7.08. The second-order valence-corrected chi connectivity index (χ2v) is 5.08. The molecule has 1 aromatic carbocycles. The maximum absolute atomic E-state index is 3.64. The van der Waals surface area contributed by atoms with Crippen molar-refractivity contribution in [1.82, 2.24) is 5.32 Å². The summed E-state index contributed by atoms with van der Waals surface area (Å²) in [6, 6.07) is 11.2. The van der Waals surface area contributed by atoms with Crippen molar-refractivity contribution in [2.24, 2.45) is 0 Å². The van der Waals surface area contributed by atoms with Crippen LogP contribution in [0.25, 0.3) is 0 Å². The van der Waals surface area contributed by atoms with E-state index in [1.54, 1.807) is 11.3 Å². The molecule has 0 saturated heterocycles. The van der Waals surface area contributed by atoms with Gasteiger partial charge in [0.2, 0.25) is 0 Å². The Balaban J connectivity index is 2.30. The Hall–Kier alpha value is -1.12.